The minimum atomic E-state index is -2.84. The number of nitrogens with one attached hydrogen (secondary N) is 1. The second-order valence-corrected chi connectivity index (χ2v) is 6.10. The maximum Gasteiger partial charge on any atom is 0.282 e. The number of halogens is 3. The number of carbonyl (C=O) groups excluding carboxylic acids is 1. The highest BCUT2D eigenvalue weighted by Crippen LogP contribution is 2.21. The number of amides is 1. The van der Waals surface area contributed by atoms with Crippen LogP contribution in [-0.4, -0.2) is 34.6 Å². The third-order valence-electron chi connectivity index (χ3n) is 3.66. The van der Waals surface area contributed by atoms with Crippen molar-refractivity contribution in [3.05, 3.63) is 52.3 Å². The lowest BCUT2D eigenvalue weighted by molar-refractivity contribution is 0.0933. The summed E-state index contributed by atoms with van der Waals surface area (Å²) in [5, 5.41) is 10.9. The number of alkyl halides is 2. The van der Waals surface area contributed by atoms with E-state index in [4.69, 9.17) is 16.4 Å². The van der Waals surface area contributed by atoms with Crippen molar-refractivity contribution in [3.8, 4) is 0 Å². The quantitative estimate of drug-likeness (QED) is 0.587. The van der Waals surface area contributed by atoms with E-state index < -0.39 is 24.1 Å². The zero-order chi connectivity index (χ0) is 19.3. The van der Waals surface area contributed by atoms with Gasteiger partial charge in [-0.1, -0.05) is 28.9 Å². The molecule has 0 aliphatic carbocycles. The average Bonchev–Trinajstić information content (AvgIpc) is 2.98. The van der Waals surface area contributed by atoms with Crippen LogP contribution >= 0.6 is 11.6 Å². The molecule has 1 unspecified atom stereocenters. The highest BCUT2D eigenvalue weighted by atomic mass is 35.5. The molecule has 2 rings (SSSR count). The van der Waals surface area contributed by atoms with Crippen LogP contribution in [0.15, 0.2) is 35.6 Å². The molecule has 0 fully saturated rings. The van der Waals surface area contributed by atoms with Crippen molar-refractivity contribution in [1.29, 1.82) is 0 Å². The molecule has 2 aromatic rings. The molecule has 0 spiro atoms. The number of carbonyl (C=O) groups is 1. The Kier molecular flexibility index (Phi) is 6.68. The summed E-state index contributed by atoms with van der Waals surface area (Å²) >= 11 is 5.87. The molecule has 0 aliphatic rings. The van der Waals surface area contributed by atoms with Gasteiger partial charge < -0.3 is 10.2 Å². The van der Waals surface area contributed by atoms with Gasteiger partial charge in [-0.05, 0) is 24.6 Å². The predicted octanol–water partition coefficient (Wildman–Crippen LogP) is 3.37. The Morgan fingerprint density at radius 1 is 1.38 bits per heavy atom. The molecule has 6 nitrogen and oxygen atoms in total. The molecule has 1 N–H and O–H groups in total. The molecule has 1 aromatic heterocycles. The standard InChI is InChI=1S/C17H19ClF2N4O2/c1-10(14(23-26-3)8-11-4-6-12(18)7-5-11)21-17(25)13-9-24(2)22-15(13)16(19)20/h4-7,9-10,16H,8H2,1-3H3,(H,21,25)/b23-14-. The van der Waals surface area contributed by atoms with Crippen LogP contribution in [-0.2, 0) is 18.3 Å². The van der Waals surface area contributed by atoms with Crippen molar-refractivity contribution in [2.75, 3.05) is 7.11 Å². The lowest BCUT2D eigenvalue weighted by atomic mass is 10.0. The number of rotatable bonds is 7. The molecule has 1 aromatic carbocycles. The fourth-order valence-electron chi connectivity index (χ4n) is 2.39. The van der Waals surface area contributed by atoms with Gasteiger partial charge in [0, 0.05) is 24.7 Å². The molecule has 0 saturated heterocycles. The number of hydrogen-bond donors (Lipinski definition) is 1. The summed E-state index contributed by atoms with van der Waals surface area (Å²) in [5.41, 5.74) is 0.726. The summed E-state index contributed by atoms with van der Waals surface area (Å²) < 4.78 is 27.2. The summed E-state index contributed by atoms with van der Waals surface area (Å²) in [4.78, 5) is 17.2. The Labute approximate surface area is 154 Å². The minimum Gasteiger partial charge on any atom is -0.399 e. The monoisotopic (exact) mass is 384 g/mol. The average molecular weight is 385 g/mol. The van der Waals surface area contributed by atoms with Gasteiger partial charge in [-0.25, -0.2) is 8.78 Å². The largest absolute Gasteiger partial charge is 0.399 e. The van der Waals surface area contributed by atoms with Crippen LogP contribution in [0.2, 0.25) is 5.02 Å². The third kappa shape index (κ3) is 5.01. The molecule has 1 atom stereocenters. The van der Waals surface area contributed by atoms with E-state index in [1.54, 1.807) is 19.1 Å². The SMILES string of the molecule is CO/N=C(/Cc1ccc(Cl)cc1)C(C)NC(=O)c1cn(C)nc1C(F)F. The van der Waals surface area contributed by atoms with Gasteiger partial charge in [0.15, 0.2) is 0 Å². The van der Waals surface area contributed by atoms with Crippen LogP contribution in [0, 0.1) is 0 Å². The van der Waals surface area contributed by atoms with Gasteiger partial charge in [-0.3, -0.25) is 9.48 Å². The zero-order valence-electron chi connectivity index (χ0n) is 14.5. The highest BCUT2D eigenvalue weighted by Gasteiger charge is 2.24. The van der Waals surface area contributed by atoms with Crippen molar-refractivity contribution in [3.63, 3.8) is 0 Å². The van der Waals surface area contributed by atoms with E-state index in [1.165, 1.54) is 25.0 Å². The topological polar surface area (TPSA) is 68.5 Å². The van der Waals surface area contributed by atoms with Crippen molar-refractivity contribution in [2.24, 2.45) is 12.2 Å². The highest BCUT2D eigenvalue weighted by molar-refractivity contribution is 6.30. The predicted molar refractivity (Wildman–Crippen MR) is 94.7 cm³/mol. The fraction of sp³-hybridized carbons (Fsp3) is 0.353. The van der Waals surface area contributed by atoms with Gasteiger partial charge >= 0.3 is 0 Å². The Balaban J connectivity index is 2.14. The van der Waals surface area contributed by atoms with Crippen LogP contribution in [0.5, 0.6) is 0 Å². The lowest BCUT2D eigenvalue weighted by Crippen LogP contribution is -2.39. The smallest absolute Gasteiger partial charge is 0.282 e. The number of nitrogens with zero attached hydrogens (tertiary/aromatic N) is 3. The summed E-state index contributed by atoms with van der Waals surface area (Å²) in [7, 11) is 2.87. The summed E-state index contributed by atoms with van der Waals surface area (Å²) in [6, 6.07) is 6.62. The molecule has 1 heterocycles. The van der Waals surface area contributed by atoms with Crippen LogP contribution in [0.1, 0.15) is 35.0 Å². The number of aryl methyl sites for hydroxylation is 1. The Hall–Kier alpha value is -2.48. The summed E-state index contributed by atoms with van der Waals surface area (Å²) in [6.07, 6.45) is -1.18. The normalized spacial score (nSPS) is 13.0. The molecule has 140 valence electrons. The summed E-state index contributed by atoms with van der Waals surface area (Å²) in [6.45, 7) is 1.70. The first-order chi connectivity index (χ1) is 12.3. The van der Waals surface area contributed by atoms with Gasteiger partial charge in [0.25, 0.3) is 12.3 Å². The third-order valence-corrected chi connectivity index (χ3v) is 3.92. The molecule has 9 heteroatoms. The summed E-state index contributed by atoms with van der Waals surface area (Å²) in [5.74, 6) is -0.652. The first-order valence-electron chi connectivity index (χ1n) is 7.78. The first-order valence-corrected chi connectivity index (χ1v) is 8.16. The van der Waals surface area contributed by atoms with Crippen LogP contribution in [0.25, 0.3) is 0 Å². The van der Waals surface area contributed by atoms with E-state index >= 15 is 0 Å². The molecular formula is C17H19ClF2N4O2. The van der Waals surface area contributed by atoms with E-state index in [1.807, 2.05) is 12.1 Å². The van der Waals surface area contributed by atoms with Crippen molar-refractivity contribution in [1.82, 2.24) is 15.1 Å². The van der Waals surface area contributed by atoms with Gasteiger partial charge in [0.2, 0.25) is 0 Å². The van der Waals surface area contributed by atoms with E-state index in [0.717, 1.165) is 5.56 Å². The van der Waals surface area contributed by atoms with Crippen LogP contribution in [0.4, 0.5) is 8.78 Å². The number of benzene rings is 1. The number of oxime groups is 1. The van der Waals surface area contributed by atoms with Crippen molar-refractivity contribution in [2.45, 2.75) is 25.8 Å². The van der Waals surface area contributed by atoms with Gasteiger partial charge in [-0.2, -0.15) is 5.10 Å². The van der Waals surface area contributed by atoms with Crippen molar-refractivity contribution < 1.29 is 18.4 Å². The van der Waals surface area contributed by atoms with Gasteiger partial charge in [0.1, 0.15) is 12.8 Å². The number of hydrogen-bond acceptors (Lipinski definition) is 4. The molecule has 0 aliphatic heterocycles. The Morgan fingerprint density at radius 2 is 2.04 bits per heavy atom. The molecule has 0 bridgehead atoms. The van der Waals surface area contributed by atoms with Crippen molar-refractivity contribution >= 4 is 23.2 Å². The molecule has 26 heavy (non-hydrogen) atoms. The molecule has 0 saturated carbocycles. The minimum absolute atomic E-state index is 0.169. The van der Waals surface area contributed by atoms with E-state index in [2.05, 4.69) is 15.6 Å². The number of aromatic nitrogens is 2. The van der Waals surface area contributed by atoms with Gasteiger partial charge in [-0.15, -0.1) is 0 Å². The van der Waals surface area contributed by atoms with Gasteiger partial charge in [0.05, 0.1) is 17.3 Å². The molecule has 1 amide bonds. The first kappa shape index (κ1) is 19.8. The fourth-order valence-corrected chi connectivity index (χ4v) is 2.52. The lowest BCUT2D eigenvalue weighted by Gasteiger charge is -2.16. The zero-order valence-corrected chi connectivity index (χ0v) is 15.3. The van der Waals surface area contributed by atoms with E-state index in [0.29, 0.717) is 17.2 Å². The van der Waals surface area contributed by atoms with Crippen LogP contribution < -0.4 is 5.32 Å². The Morgan fingerprint density at radius 3 is 2.62 bits per heavy atom. The molecular weight excluding hydrogens is 366 g/mol. The Bertz CT molecular complexity index is 791. The maximum atomic E-state index is 13.0. The van der Waals surface area contributed by atoms with E-state index in [-0.39, 0.29) is 5.56 Å². The second-order valence-electron chi connectivity index (χ2n) is 5.67. The maximum absolute atomic E-state index is 13.0. The second kappa shape index (κ2) is 8.75. The molecule has 0 radical (unpaired) electrons. The van der Waals surface area contributed by atoms with Crippen LogP contribution in [0.3, 0.4) is 0 Å². The van der Waals surface area contributed by atoms with E-state index in [9.17, 15) is 13.6 Å².